The van der Waals surface area contributed by atoms with Crippen molar-refractivity contribution in [3.63, 3.8) is 0 Å². The van der Waals surface area contributed by atoms with Crippen LogP contribution in [0.5, 0.6) is 0 Å². The van der Waals surface area contributed by atoms with Gasteiger partial charge in [-0.05, 0) is 43.7 Å². The lowest BCUT2D eigenvalue weighted by Gasteiger charge is -2.15. The van der Waals surface area contributed by atoms with Crippen LogP contribution in [0.2, 0.25) is 0 Å². The number of aromatic nitrogens is 2. The van der Waals surface area contributed by atoms with Crippen molar-refractivity contribution in [2.45, 2.75) is 27.2 Å². The zero-order valence-electron chi connectivity index (χ0n) is 16.5. The molecule has 2 N–H and O–H groups in total. The average molecular weight is 415 g/mol. The van der Waals surface area contributed by atoms with Crippen molar-refractivity contribution in [1.29, 1.82) is 0 Å². The number of nitrogens with zero attached hydrogens (tertiary/aromatic N) is 2. The second kappa shape index (κ2) is 9.84. The van der Waals surface area contributed by atoms with E-state index in [0.717, 1.165) is 12.1 Å². The van der Waals surface area contributed by atoms with Crippen LogP contribution in [0.15, 0.2) is 42.6 Å². The largest absolute Gasteiger partial charge is 0.462 e. The third-order valence-corrected chi connectivity index (χ3v) is 3.98. The molecule has 0 aliphatic rings. The lowest BCUT2D eigenvalue weighted by molar-refractivity contribution is -0.114. The maximum atomic E-state index is 12.6. The number of rotatable bonds is 6. The SMILES string of the molecule is CCCOC(=O)c1cnc2nc(C)ccc2c1Nc1cccc(NC(C)=O)c1.Cl. The molecular weight excluding hydrogens is 392 g/mol. The van der Waals surface area contributed by atoms with E-state index in [1.165, 1.54) is 13.1 Å². The highest BCUT2D eigenvalue weighted by molar-refractivity contribution is 6.05. The summed E-state index contributed by atoms with van der Waals surface area (Å²) in [7, 11) is 0. The Kier molecular flexibility index (Phi) is 7.50. The van der Waals surface area contributed by atoms with Crippen molar-refractivity contribution in [1.82, 2.24) is 9.97 Å². The van der Waals surface area contributed by atoms with Gasteiger partial charge in [-0.2, -0.15) is 0 Å². The van der Waals surface area contributed by atoms with E-state index in [1.54, 1.807) is 12.1 Å². The number of pyridine rings is 2. The number of halogens is 1. The second-order valence-electron chi connectivity index (χ2n) is 6.39. The van der Waals surface area contributed by atoms with E-state index in [0.29, 0.717) is 40.3 Å². The molecule has 0 bridgehead atoms. The van der Waals surface area contributed by atoms with Crippen LogP contribution >= 0.6 is 12.4 Å². The predicted octanol–water partition coefficient (Wildman–Crippen LogP) is 4.63. The van der Waals surface area contributed by atoms with E-state index in [-0.39, 0.29) is 18.3 Å². The van der Waals surface area contributed by atoms with Gasteiger partial charge in [0.15, 0.2) is 5.65 Å². The van der Waals surface area contributed by atoms with Crippen molar-refractivity contribution in [3.8, 4) is 0 Å². The highest BCUT2D eigenvalue weighted by Gasteiger charge is 2.18. The minimum atomic E-state index is -0.447. The molecule has 3 aromatic rings. The Morgan fingerprint density at radius 3 is 2.62 bits per heavy atom. The number of hydrogen-bond donors (Lipinski definition) is 2. The van der Waals surface area contributed by atoms with Crippen LogP contribution in [-0.4, -0.2) is 28.5 Å². The standard InChI is InChI=1S/C21H22N4O3.ClH/c1-4-10-28-21(27)18-12-22-20-17(9-8-13(2)23-20)19(18)25-16-7-5-6-15(11-16)24-14(3)26;/h5-9,11-12H,4,10H2,1-3H3,(H,24,26)(H,22,23,25);1H. The summed E-state index contributed by atoms with van der Waals surface area (Å²) in [4.78, 5) is 32.6. The minimum absolute atomic E-state index is 0. The predicted molar refractivity (Wildman–Crippen MR) is 116 cm³/mol. The zero-order valence-corrected chi connectivity index (χ0v) is 17.3. The first-order valence-corrected chi connectivity index (χ1v) is 9.06. The summed E-state index contributed by atoms with van der Waals surface area (Å²) in [6.07, 6.45) is 2.21. The molecule has 2 heterocycles. The van der Waals surface area contributed by atoms with Crippen molar-refractivity contribution in [2.75, 3.05) is 17.2 Å². The molecule has 8 heteroatoms. The Balaban J connectivity index is 0.00000300. The number of esters is 1. The van der Waals surface area contributed by atoms with Gasteiger partial charge in [-0.1, -0.05) is 13.0 Å². The van der Waals surface area contributed by atoms with Crippen molar-refractivity contribution in [3.05, 3.63) is 53.9 Å². The Morgan fingerprint density at radius 1 is 1.14 bits per heavy atom. The Hall–Kier alpha value is -3.19. The second-order valence-corrected chi connectivity index (χ2v) is 6.39. The fraction of sp³-hybridized carbons (Fsp3) is 0.238. The van der Waals surface area contributed by atoms with E-state index >= 15 is 0 Å². The number of benzene rings is 1. The maximum Gasteiger partial charge on any atom is 0.341 e. The Bertz CT molecular complexity index is 1040. The number of carbonyl (C=O) groups is 2. The number of ether oxygens (including phenoxy) is 1. The third kappa shape index (κ3) is 5.42. The zero-order chi connectivity index (χ0) is 20.1. The van der Waals surface area contributed by atoms with Gasteiger partial charge in [0, 0.05) is 35.6 Å². The van der Waals surface area contributed by atoms with Gasteiger partial charge in [0.2, 0.25) is 5.91 Å². The van der Waals surface area contributed by atoms with Crippen LogP contribution in [0, 0.1) is 6.92 Å². The van der Waals surface area contributed by atoms with Gasteiger partial charge in [0.25, 0.3) is 0 Å². The molecule has 0 spiro atoms. The molecule has 0 aliphatic heterocycles. The summed E-state index contributed by atoms with van der Waals surface area (Å²) < 4.78 is 5.31. The molecule has 2 aromatic heterocycles. The molecule has 0 aliphatic carbocycles. The van der Waals surface area contributed by atoms with Crippen LogP contribution in [0.3, 0.4) is 0 Å². The fourth-order valence-electron chi connectivity index (χ4n) is 2.76. The van der Waals surface area contributed by atoms with Gasteiger partial charge in [-0.15, -0.1) is 12.4 Å². The first-order chi connectivity index (χ1) is 13.5. The van der Waals surface area contributed by atoms with Crippen LogP contribution in [0.4, 0.5) is 17.1 Å². The van der Waals surface area contributed by atoms with Crippen molar-refractivity contribution < 1.29 is 14.3 Å². The van der Waals surface area contributed by atoms with Crippen molar-refractivity contribution >= 4 is 52.4 Å². The summed E-state index contributed by atoms with van der Waals surface area (Å²) in [5.41, 5.74) is 3.63. The molecule has 0 fully saturated rings. The molecule has 152 valence electrons. The first-order valence-electron chi connectivity index (χ1n) is 9.06. The molecule has 0 saturated heterocycles. The number of aryl methyl sites for hydroxylation is 1. The lowest BCUT2D eigenvalue weighted by atomic mass is 10.1. The summed E-state index contributed by atoms with van der Waals surface area (Å²) in [6, 6.07) is 11.0. The molecule has 7 nitrogen and oxygen atoms in total. The molecular formula is C21H23ClN4O3. The van der Waals surface area contributed by atoms with Gasteiger partial charge in [-0.25, -0.2) is 14.8 Å². The molecule has 1 aromatic carbocycles. The van der Waals surface area contributed by atoms with E-state index in [2.05, 4.69) is 20.6 Å². The molecule has 3 rings (SSSR count). The van der Waals surface area contributed by atoms with Crippen LogP contribution in [0.1, 0.15) is 36.3 Å². The quantitative estimate of drug-likeness (QED) is 0.571. The number of anilines is 3. The number of amides is 1. The number of carbonyl (C=O) groups excluding carboxylic acids is 2. The summed E-state index contributed by atoms with van der Waals surface area (Å²) in [5, 5.41) is 6.73. The van der Waals surface area contributed by atoms with E-state index in [1.807, 2.05) is 38.1 Å². The molecule has 0 radical (unpaired) electrons. The van der Waals surface area contributed by atoms with Gasteiger partial charge in [-0.3, -0.25) is 4.79 Å². The number of nitrogens with one attached hydrogen (secondary N) is 2. The van der Waals surface area contributed by atoms with Crippen LogP contribution < -0.4 is 10.6 Å². The number of fused-ring (bicyclic) bond motifs is 1. The Labute approximate surface area is 175 Å². The summed E-state index contributed by atoms with van der Waals surface area (Å²) in [5.74, 6) is -0.604. The van der Waals surface area contributed by atoms with E-state index < -0.39 is 5.97 Å². The van der Waals surface area contributed by atoms with Gasteiger partial charge in [0.05, 0.1) is 12.3 Å². The van der Waals surface area contributed by atoms with Crippen LogP contribution in [-0.2, 0) is 9.53 Å². The van der Waals surface area contributed by atoms with E-state index in [4.69, 9.17) is 4.74 Å². The highest BCUT2D eigenvalue weighted by atomic mass is 35.5. The first kappa shape index (κ1) is 22.1. The van der Waals surface area contributed by atoms with Gasteiger partial charge in [0.1, 0.15) is 5.56 Å². The van der Waals surface area contributed by atoms with Gasteiger partial charge < -0.3 is 15.4 Å². The molecule has 29 heavy (non-hydrogen) atoms. The minimum Gasteiger partial charge on any atom is -0.462 e. The van der Waals surface area contributed by atoms with Crippen molar-refractivity contribution in [2.24, 2.45) is 0 Å². The topological polar surface area (TPSA) is 93.2 Å². The van der Waals surface area contributed by atoms with E-state index in [9.17, 15) is 9.59 Å². The van der Waals surface area contributed by atoms with Gasteiger partial charge >= 0.3 is 5.97 Å². The fourth-order valence-corrected chi connectivity index (χ4v) is 2.76. The number of hydrogen-bond acceptors (Lipinski definition) is 6. The monoisotopic (exact) mass is 414 g/mol. The lowest BCUT2D eigenvalue weighted by Crippen LogP contribution is -2.11. The Morgan fingerprint density at radius 2 is 1.90 bits per heavy atom. The maximum absolute atomic E-state index is 12.6. The molecule has 0 saturated carbocycles. The van der Waals surface area contributed by atoms with Crippen LogP contribution in [0.25, 0.3) is 11.0 Å². The average Bonchev–Trinajstić information content (AvgIpc) is 2.66. The summed E-state index contributed by atoms with van der Waals surface area (Å²) in [6.45, 7) is 5.60. The highest BCUT2D eigenvalue weighted by Crippen LogP contribution is 2.30. The summed E-state index contributed by atoms with van der Waals surface area (Å²) >= 11 is 0. The molecule has 0 unspecified atom stereocenters. The normalized spacial score (nSPS) is 10.2. The molecule has 1 amide bonds. The smallest absolute Gasteiger partial charge is 0.341 e. The molecule has 0 atom stereocenters. The third-order valence-electron chi connectivity index (χ3n) is 3.98.